The quantitative estimate of drug-likeness (QED) is 0.812. The van der Waals surface area contributed by atoms with Crippen LogP contribution in [-0.2, 0) is 15.1 Å². The van der Waals surface area contributed by atoms with E-state index >= 15 is 0 Å². The second kappa shape index (κ2) is 7.29. The second-order valence-electron chi connectivity index (χ2n) is 6.16. The molecule has 1 aromatic carbocycles. The number of hydrogen-bond acceptors (Lipinski definition) is 3. The lowest BCUT2D eigenvalue weighted by atomic mass is 9.86. The van der Waals surface area contributed by atoms with Gasteiger partial charge in [0.1, 0.15) is 5.75 Å². The van der Waals surface area contributed by atoms with Crippen LogP contribution in [0.15, 0.2) is 24.3 Å². The minimum absolute atomic E-state index is 0.151. The molecule has 1 amide bonds. The number of ether oxygens (including phenoxy) is 1. The predicted octanol–water partition coefficient (Wildman–Crippen LogP) is 2.79. The fourth-order valence-electron chi connectivity index (χ4n) is 2.18. The van der Waals surface area contributed by atoms with E-state index in [1.54, 1.807) is 38.3 Å². The minimum Gasteiger partial charge on any atom is -0.497 e. The summed E-state index contributed by atoms with van der Waals surface area (Å²) in [5.41, 5.74) is -0.279. The van der Waals surface area contributed by atoms with E-state index in [0.29, 0.717) is 11.3 Å². The first-order valence-electron chi connectivity index (χ1n) is 7.38. The van der Waals surface area contributed by atoms with E-state index in [-0.39, 0.29) is 24.2 Å². The summed E-state index contributed by atoms with van der Waals surface area (Å²) in [6.45, 7) is 7.49. The van der Waals surface area contributed by atoms with Gasteiger partial charge in [0.05, 0.1) is 19.1 Å². The third-order valence-electron chi connectivity index (χ3n) is 4.02. The highest BCUT2D eigenvalue weighted by Crippen LogP contribution is 2.28. The number of rotatable bonds is 7. The largest absolute Gasteiger partial charge is 0.497 e. The summed E-state index contributed by atoms with van der Waals surface area (Å²) in [7, 11) is 1.55. The fraction of sp³-hybridized carbons (Fsp3) is 0.529. The van der Waals surface area contributed by atoms with Crippen LogP contribution in [0.5, 0.6) is 5.75 Å². The molecule has 0 aliphatic carbocycles. The Labute approximate surface area is 131 Å². The number of hydrogen-bond donors (Lipinski definition) is 2. The van der Waals surface area contributed by atoms with E-state index in [4.69, 9.17) is 4.74 Å². The van der Waals surface area contributed by atoms with Gasteiger partial charge in [0.25, 0.3) is 0 Å². The standard InChI is InChI=1S/C17H25NO4/c1-11(2)12(3)16(21)18-17(4,10-15(19)20)13-7-6-8-14(9-13)22-5/h6-9,11-12H,10H2,1-5H3,(H,18,21)(H,19,20). The van der Waals surface area contributed by atoms with Gasteiger partial charge < -0.3 is 15.2 Å². The molecule has 0 fully saturated rings. The molecule has 2 unspecified atom stereocenters. The van der Waals surface area contributed by atoms with E-state index in [1.165, 1.54) is 0 Å². The van der Waals surface area contributed by atoms with Crippen LogP contribution in [0.25, 0.3) is 0 Å². The van der Waals surface area contributed by atoms with Crippen LogP contribution in [0.4, 0.5) is 0 Å². The van der Waals surface area contributed by atoms with Gasteiger partial charge in [-0.3, -0.25) is 9.59 Å². The first kappa shape index (κ1) is 18.0. The second-order valence-corrected chi connectivity index (χ2v) is 6.16. The van der Waals surface area contributed by atoms with Gasteiger partial charge in [-0.2, -0.15) is 0 Å². The van der Waals surface area contributed by atoms with Crippen LogP contribution in [0.2, 0.25) is 0 Å². The number of carbonyl (C=O) groups is 2. The summed E-state index contributed by atoms with van der Waals surface area (Å²) >= 11 is 0. The Morgan fingerprint density at radius 2 is 1.95 bits per heavy atom. The molecular formula is C17H25NO4. The lowest BCUT2D eigenvalue weighted by Gasteiger charge is -2.32. The van der Waals surface area contributed by atoms with Gasteiger partial charge >= 0.3 is 5.97 Å². The van der Waals surface area contributed by atoms with Crippen molar-refractivity contribution in [3.8, 4) is 5.75 Å². The molecule has 22 heavy (non-hydrogen) atoms. The van der Waals surface area contributed by atoms with E-state index in [0.717, 1.165) is 0 Å². The average molecular weight is 307 g/mol. The number of amides is 1. The highest BCUT2D eigenvalue weighted by atomic mass is 16.5. The third-order valence-corrected chi connectivity index (χ3v) is 4.02. The zero-order chi connectivity index (χ0) is 16.9. The zero-order valence-electron chi connectivity index (χ0n) is 13.8. The van der Waals surface area contributed by atoms with Crippen molar-refractivity contribution in [1.29, 1.82) is 0 Å². The van der Waals surface area contributed by atoms with Gasteiger partial charge in [0, 0.05) is 5.92 Å². The summed E-state index contributed by atoms with van der Waals surface area (Å²) in [6.07, 6.45) is -0.198. The lowest BCUT2D eigenvalue weighted by Crippen LogP contribution is -2.47. The monoisotopic (exact) mass is 307 g/mol. The van der Waals surface area contributed by atoms with Crippen molar-refractivity contribution in [2.75, 3.05) is 7.11 Å². The fourth-order valence-corrected chi connectivity index (χ4v) is 2.18. The summed E-state index contributed by atoms with van der Waals surface area (Å²) < 4.78 is 5.19. The van der Waals surface area contributed by atoms with Crippen molar-refractivity contribution in [2.45, 2.75) is 39.7 Å². The molecule has 1 rings (SSSR count). The molecule has 0 saturated heterocycles. The number of nitrogens with one attached hydrogen (secondary N) is 1. The number of aliphatic carboxylic acids is 1. The Balaban J connectivity index is 3.13. The van der Waals surface area contributed by atoms with Crippen molar-refractivity contribution in [2.24, 2.45) is 11.8 Å². The van der Waals surface area contributed by atoms with Crippen molar-refractivity contribution in [1.82, 2.24) is 5.32 Å². The molecule has 2 atom stereocenters. The van der Waals surface area contributed by atoms with Gasteiger partial charge in [0.2, 0.25) is 5.91 Å². The molecule has 0 aliphatic heterocycles. The van der Waals surface area contributed by atoms with Gasteiger partial charge in [0.15, 0.2) is 0 Å². The molecule has 0 aliphatic rings. The smallest absolute Gasteiger partial charge is 0.306 e. The van der Waals surface area contributed by atoms with Gasteiger partial charge in [-0.05, 0) is 30.5 Å². The molecule has 0 aromatic heterocycles. The maximum atomic E-state index is 12.4. The normalized spacial score (nSPS) is 15.0. The zero-order valence-corrected chi connectivity index (χ0v) is 13.8. The lowest BCUT2D eigenvalue weighted by molar-refractivity contribution is -0.139. The Morgan fingerprint density at radius 3 is 2.45 bits per heavy atom. The molecule has 2 N–H and O–H groups in total. The highest BCUT2D eigenvalue weighted by Gasteiger charge is 2.33. The number of methoxy groups -OCH3 is 1. The van der Waals surface area contributed by atoms with Crippen molar-refractivity contribution in [3.05, 3.63) is 29.8 Å². The van der Waals surface area contributed by atoms with E-state index in [9.17, 15) is 14.7 Å². The van der Waals surface area contributed by atoms with E-state index in [1.807, 2.05) is 20.8 Å². The number of carbonyl (C=O) groups excluding carboxylic acids is 1. The first-order chi connectivity index (χ1) is 10.2. The van der Waals surface area contributed by atoms with Crippen molar-refractivity contribution >= 4 is 11.9 Å². The van der Waals surface area contributed by atoms with Crippen LogP contribution in [-0.4, -0.2) is 24.1 Å². The summed E-state index contributed by atoms with van der Waals surface area (Å²) in [5.74, 6) is -0.511. The molecule has 0 radical (unpaired) electrons. The average Bonchev–Trinajstić information content (AvgIpc) is 2.45. The molecular weight excluding hydrogens is 282 g/mol. The Kier molecular flexibility index (Phi) is 5.97. The highest BCUT2D eigenvalue weighted by molar-refractivity contribution is 5.80. The first-order valence-corrected chi connectivity index (χ1v) is 7.38. The van der Waals surface area contributed by atoms with E-state index < -0.39 is 11.5 Å². The molecule has 0 saturated carbocycles. The maximum absolute atomic E-state index is 12.4. The van der Waals surface area contributed by atoms with Gasteiger partial charge in [-0.25, -0.2) is 0 Å². The molecule has 5 heteroatoms. The predicted molar refractivity (Wildman–Crippen MR) is 84.7 cm³/mol. The minimum atomic E-state index is -0.986. The SMILES string of the molecule is COc1cccc(C(C)(CC(=O)O)NC(=O)C(C)C(C)C)c1. The molecule has 0 bridgehead atoms. The Bertz CT molecular complexity index is 541. The number of carboxylic acid groups (broad SMARTS) is 1. The molecule has 0 heterocycles. The molecule has 0 spiro atoms. The summed E-state index contributed by atoms with van der Waals surface area (Å²) in [6, 6.07) is 7.12. The number of benzene rings is 1. The van der Waals surface area contributed by atoms with Crippen LogP contribution in [0, 0.1) is 11.8 Å². The van der Waals surface area contributed by atoms with Crippen LogP contribution >= 0.6 is 0 Å². The number of carboxylic acids is 1. The van der Waals surface area contributed by atoms with Crippen LogP contribution in [0.1, 0.15) is 39.7 Å². The molecule has 1 aromatic rings. The van der Waals surface area contributed by atoms with Gasteiger partial charge in [-0.15, -0.1) is 0 Å². The summed E-state index contributed by atoms with van der Waals surface area (Å²) in [4.78, 5) is 23.6. The Hall–Kier alpha value is -2.04. The van der Waals surface area contributed by atoms with Crippen LogP contribution < -0.4 is 10.1 Å². The topological polar surface area (TPSA) is 75.6 Å². The van der Waals surface area contributed by atoms with Crippen molar-refractivity contribution < 1.29 is 19.4 Å². The van der Waals surface area contributed by atoms with Gasteiger partial charge in [-0.1, -0.05) is 32.9 Å². The maximum Gasteiger partial charge on any atom is 0.306 e. The Morgan fingerprint density at radius 1 is 1.32 bits per heavy atom. The molecule has 122 valence electrons. The molecule has 5 nitrogen and oxygen atoms in total. The summed E-state index contributed by atoms with van der Waals surface area (Å²) in [5, 5.41) is 12.1. The van der Waals surface area contributed by atoms with E-state index in [2.05, 4.69) is 5.32 Å². The van der Waals surface area contributed by atoms with Crippen molar-refractivity contribution in [3.63, 3.8) is 0 Å². The van der Waals surface area contributed by atoms with Crippen LogP contribution in [0.3, 0.4) is 0 Å². The third kappa shape index (κ3) is 4.48.